The van der Waals surface area contributed by atoms with Crippen LogP contribution in [0, 0.1) is 0 Å². The molecule has 1 unspecified atom stereocenters. The number of halogens is 1. The molecule has 1 aromatic carbocycles. The SMILES string of the molecule is O=C(NCC1(O)CCCC1)NC1CCCOc2cc(Cl)ccc21. The third-order valence-corrected chi connectivity index (χ3v) is 4.90. The van der Waals surface area contributed by atoms with E-state index >= 15 is 0 Å². The molecule has 2 aliphatic rings. The summed E-state index contributed by atoms with van der Waals surface area (Å²) >= 11 is 6.01. The summed E-state index contributed by atoms with van der Waals surface area (Å²) in [6, 6.07) is 5.14. The molecule has 3 rings (SSSR count). The lowest BCUT2D eigenvalue weighted by molar-refractivity contribution is 0.0500. The summed E-state index contributed by atoms with van der Waals surface area (Å²) in [5, 5.41) is 16.7. The van der Waals surface area contributed by atoms with Crippen LogP contribution in [0.5, 0.6) is 5.75 Å². The first-order valence-electron chi connectivity index (χ1n) is 8.25. The first kappa shape index (κ1) is 16.4. The minimum absolute atomic E-state index is 0.108. The zero-order valence-corrected chi connectivity index (χ0v) is 13.9. The summed E-state index contributed by atoms with van der Waals surface area (Å²) in [7, 11) is 0. The summed E-state index contributed by atoms with van der Waals surface area (Å²) < 4.78 is 5.70. The summed E-state index contributed by atoms with van der Waals surface area (Å²) in [5.41, 5.74) is 0.205. The lowest BCUT2D eigenvalue weighted by Crippen LogP contribution is -2.45. The van der Waals surface area contributed by atoms with Gasteiger partial charge in [0.1, 0.15) is 5.75 Å². The van der Waals surface area contributed by atoms with Gasteiger partial charge in [-0.2, -0.15) is 0 Å². The van der Waals surface area contributed by atoms with Crippen LogP contribution in [0.3, 0.4) is 0 Å². The maximum absolute atomic E-state index is 12.2. The molecule has 23 heavy (non-hydrogen) atoms. The predicted octanol–water partition coefficient (Wildman–Crippen LogP) is 3.16. The van der Waals surface area contributed by atoms with Gasteiger partial charge in [-0.15, -0.1) is 0 Å². The van der Waals surface area contributed by atoms with Crippen LogP contribution in [0.15, 0.2) is 18.2 Å². The molecule has 1 fully saturated rings. The molecule has 0 saturated heterocycles. The van der Waals surface area contributed by atoms with E-state index in [2.05, 4.69) is 10.6 Å². The largest absolute Gasteiger partial charge is 0.493 e. The Kier molecular flexibility index (Phi) is 4.97. The highest BCUT2D eigenvalue weighted by Gasteiger charge is 2.31. The highest BCUT2D eigenvalue weighted by molar-refractivity contribution is 6.30. The lowest BCUT2D eigenvalue weighted by Gasteiger charge is -2.24. The maximum atomic E-state index is 12.2. The predicted molar refractivity (Wildman–Crippen MR) is 88.9 cm³/mol. The number of amides is 2. The average Bonchev–Trinajstić information content (AvgIpc) is 2.86. The molecule has 6 heteroatoms. The van der Waals surface area contributed by atoms with E-state index in [0.29, 0.717) is 18.2 Å². The van der Waals surface area contributed by atoms with Crippen molar-refractivity contribution in [1.29, 1.82) is 0 Å². The molecule has 1 heterocycles. The Balaban J connectivity index is 1.62. The molecule has 0 radical (unpaired) electrons. The van der Waals surface area contributed by atoms with E-state index in [-0.39, 0.29) is 12.1 Å². The number of ether oxygens (including phenoxy) is 1. The highest BCUT2D eigenvalue weighted by atomic mass is 35.5. The van der Waals surface area contributed by atoms with Crippen LogP contribution in [0.4, 0.5) is 4.79 Å². The minimum atomic E-state index is -0.741. The lowest BCUT2D eigenvalue weighted by atomic mass is 10.0. The number of nitrogens with one attached hydrogen (secondary N) is 2. The number of urea groups is 1. The Morgan fingerprint density at radius 1 is 1.35 bits per heavy atom. The fraction of sp³-hybridized carbons (Fsp3) is 0.588. The van der Waals surface area contributed by atoms with Crippen LogP contribution in [0.1, 0.15) is 50.1 Å². The van der Waals surface area contributed by atoms with Crippen molar-refractivity contribution in [3.8, 4) is 5.75 Å². The Labute approximate surface area is 141 Å². The van der Waals surface area contributed by atoms with Gasteiger partial charge in [0.2, 0.25) is 0 Å². The fourth-order valence-corrected chi connectivity index (χ4v) is 3.52. The van der Waals surface area contributed by atoms with E-state index in [1.54, 1.807) is 6.07 Å². The van der Waals surface area contributed by atoms with Crippen molar-refractivity contribution in [3.63, 3.8) is 0 Å². The summed E-state index contributed by atoms with van der Waals surface area (Å²) in [6.45, 7) is 0.919. The van der Waals surface area contributed by atoms with Gasteiger partial charge >= 0.3 is 6.03 Å². The van der Waals surface area contributed by atoms with E-state index in [9.17, 15) is 9.90 Å². The van der Waals surface area contributed by atoms with Crippen molar-refractivity contribution < 1.29 is 14.6 Å². The number of carbonyl (C=O) groups is 1. The maximum Gasteiger partial charge on any atom is 0.315 e. The highest BCUT2D eigenvalue weighted by Crippen LogP contribution is 2.33. The van der Waals surface area contributed by atoms with Crippen molar-refractivity contribution in [2.75, 3.05) is 13.2 Å². The van der Waals surface area contributed by atoms with Gasteiger partial charge in [-0.05, 0) is 37.8 Å². The molecular formula is C17H23ClN2O3. The Morgan fingerprint density at radius 2 is 2.13 bits per heavy atom. The standard InChI is InChI=1S/C17H23ClN2O3/c18-12-5-6-13-14(4-3-9-23-15(13)10-12)20-16(21)19-11-17(22)7-1-2-8-17/h5-6,10,14,22H,1-4,7-9,11H2,(H2,19,20,21). The van der Waals surface area contributed by atoms with E-state index in [0.717, 1.165) is 49.8 Å². The quantitative estimate of drug-likeness (QED) is 0.792. The molecule has 0 spiro atoms. The molecule has 5 nitrogen and oxygen atoms in total. The van der Waals surface area contributed by atoms with Gasteiger partial charge in [0.15, 0.2) is 0 Å². The first-order chi connectivity index (χ1) is 11.1. The van der Waals surface area contributed by atoms with Gasteiger partial charge in [-0.25, -0.2) is 4.79 Å². The first-order valence-corrected chi connectivity index (χ1v) is 8.63. The molecule has 2 amide bonds. The van der Waals surface area contributed by atoms with Crippen LogP contribution in [-0.2, 0) is 0 Å². The van der Waals surface area contributed by atoms with Gasteiger partial charge in [0.05, 0.1) is 18.2 Å². The molecule has 1 aliphatic carbocycles. The van der Waals surface area contributed by atoms with Crippen molar-refractivity contribution in [2.45, 2.75) is 50.2 Å². The number of aliphatic hydroxyl groups is 1. The van der Waals surface area contributed by atoms with Gasteiger partial charge in [0, 0.05) is 17.1 Å². The van der Waals surface area contributed by atoms with Crippen LogP contribution >= 0.6 is 11.6 Å². The molecule has 3 N–H and O–H groups in total. The molecule has 1 aliphatic heterocycles. The van der Waals surface area contributed by atoms with Crippen molar-refractivity contribution >= 4 is 17.6 Å². The van der Waals surface area contributed by atoms with Gasteiger partial charge < -0.3 is 20.5 Å². The number of carbonyl (C=O) groups excluding carboxylic acids is 1. The molecule has 1 saturated carbocycles. The minimum Gasteiger partial charge on any atom is -0.493 e. The molecule has 1 atom stereocenters. The van der Waals surface area contributed by atoms with Crippen LogP contribution in [-0.4, -0.2) is 29.9 Å². The van der Waals surface area contributed by atoms with E-state index in [4.69, 9.17) is 16.3 Å². The number of benzene rings is 1. The second kappa shape index (κ2) is 6.97. The number of fused-ring (bicyclic) bond motifs is 1. The normalized spacial score (nSPS) is 22.6. The average molecular weight is 339 g/mol. The summed E-state index contributed by atoms with van der Waals surface area (Å²) in [5.74, 6) is 0.731. The van der Waals surface area contributed by atoms with Crippen molar-refractivity contribution in [3.05, 3.63) is 28.8 Å². The number of hydrogen-bond acceptors (Lipinski definition) is 3. The van der Waals surface area contributed by atoms with Crippen molar-refractivity contribution in [2.24, 2.45) is 0 Å². The van der Waals surface area contributed by atoms with Crippen molar-refractivity contribution in [1.82, 2.24) is 10.6 Å². The molecule has 126 valence electrons. The zero-order valence-electron chi connectivity index (χ0n) is 13.1. The summed E-state index contributed by atoms with van der Waals surface area (Å²) in [4.78, 5) is 12.2. The molecular weight excluding hydrogens is 316 g/mol. The molecule has 1 aromatic rings. The Hall–Kier alpha value is -1.46. The molecule has 0 aromatic heterocycles. The topological polar surface area (TPSA) is 70.6 Å². The van der Waals surface area contributed by atoms with Crippen LogP contribution in [0.25, 0.3) is 0 Å². The monoisotopic (exact) mass is 338 g/mol. The second-order valence-corrected chi connectivity index (χ2v) is 6.92. The van der Waals surface area contributed by atoms with E-state index < -0.39 is 5.60 Å². The molecule has 0 bridgehead atoms. The summed E-state index contributed by atoms with van der Waals surface area (Å²) in [6.07, 6.45) is 5.23. The van der Waals surface area contributed by atoms with Gasteiger partial charge in [-0.1, -0.05) is 30.5 Å². The number of rotatable bonds is 3. The van der Waals surface area contributed by atoms with Gasteiger partial charge in [-0.3, -0.25) is 0 Å². The Bertz CT molecular complexity index is 573. The third kappa shape index (κ3) is 4.09. The van der Waals surface area contributed by atoms with E-state index in [1.807, 2.05) is 12.1 Å². The second-order valence-electron chi connectivity index (χ2n) is 6.48. The fourth-order valence-electron chi connectivity index (χ4n) is 3.36. The number of hydrogen-bond donors (Lipinski definition) is 3. The van der Waals surface area contributed by atoms with E-state index in [1.165, 1.54) is 0 Å². The van der Waals surface area contributed by atoms with Crippen LogP contribution in [0.2, 0.25) is 5.02 Å². The zero-order chi connectivity index (χ0) is 16.3. The smallest absolute Gasteiger partial charge is 0.315 e. The van der Waals surface area contributed by atoms with Gasteiger partial charge in [0.25, 0.3) is 0 Å². The Morgan fingerprint density at radius 3 is 2.91 bits per heavy atom. The van der Waals surface area contributed by atoms with Crippen LogP contribution < -0.4 is 15.4 Å². The third-order valence-electron chi connectivity index (χ3n) is 4.66.